The van der Waals surface area contributed by atoms with E-state index in [4.69, 9.17) is 18.0 Å². The highest BCUT2D eigenvalue weighted by atomic mass is 32.1. The minimum absolute atomic E-state index is 0.0874. The maximum absolute atomic E-state index is 12.8. The van der Waals surface area contributed by atoms with Gasteiger partial charge in [-0.1, -0.05) is 17.9 Å². The van der Waals surface area contributed by atoms with Gasteiger partial charge in [0.25, 0.3) is 5.91 Å². The Morgan fingerprint density at radius 3 is 2.58 bits per heavy atom. The first-order chi connectivity index (χ1) is 19.1. The SMILES string of the molecule is Cn1c(-c2nc(N)ncc2C#Cc2cccc(NC(=S)Nc3ccc(C(F)(F)F)cc3)c2)cc2c1CCNC2=O. The van der Waals surface area contributed by atoms with E-state index in [1.807, 2.05) is 17.7 Å². The Hall–Kier alpha value is -4.89. The molecule has 0 atom stereocenters. The zero-order valence-corrected chi connectivity index (χ0v) is 21.9. The average Bonchev–Trinajstić information content (AvgIpc) is 3.25. The molecule has 0 unspecified atom stereocenters. The van der Waals surface area contributed by atoms with Gasteiger partial charge >= 0.3 is 6.18 Å². The number of thiocarbonyl (C=S) groups is 1. The highest BCUT2D eigenvalue weighted by Crippen LogP contribution is 2.30. The van der Waals surface area contributed by atoms with E-state index in [0.29, 0.717) is 52.4 Å². The van der Waals surface area contributed by atoms with Crippen LogP contribution in [0, 0.1) is 11.8 Å². The van der Waals surface area contributed by atoms with Crippen LogP contribution in [0.15, 0.2) is 60.8 Å². The summed E-state index contributed by atoms with van der Waals surface area (Å²) in [6.45, 7) is 0.565. The first kappa shape index (κ1) is 26.7. The summed E-state index contributed by atoms with van der Waals surface area (Å²) in [5, 5.41) is 8.92. The molecule has 0 aliphatic carbocycles. The van der Waals surface area contributed by atoms with Gasteiger partial charge in [0.15, 0.2) is 5.11 Å². The van der Waals surface area contributed by atoms with E-state index in [9.17, 15) is 18.0 Å². The topological polar surface area (TPSA) is 110 Å². The molecule has 8 nitrogen and oxygen atoms in total. The Morgan fingerprint density at radius 2 is 1.85 bits per heavy atom. The molecule has 202 valence electrons. The Bertz CT molecular complexity index is 1680. The van der Waals surface area contributed by atoms with Crippen molar-refractivity contribution in [3.63, 3.8) is 0 Å². The molecule has 1 aliphatic heterocycles. The van der Waals surface area contributed by atoms with Gasteiger partial charge in [0, 0.05) is 48.8 Å². The molecule has 5 N–H and O–H groups in total. The number of rotatable bonds is 3. The van der Waals surface area contributed by atoms with E-state index >= 15 is 0 Å². The van der Waals surface area contributed by atoms with Crippen LogP contribution >= 0.6 is 12.2 Å². The van der Waals surface area contributed by atoms with Crippen molar-refractivity contribution in [2.24, 2.45) is 7.05 Å². The summed E-state index contributed by atoms with van der Waals surface area (Å²) in [5.74, 6) is 6.15. The van der Waals surface area contributed by atoms with E-state index < -0.39 is 11.7 Å². The first-order valence-electron chi connectivity index (χ1n) is 12.1. The van der Waals surface area contributed by atoms with Gasteiger partial charge < -0.3 is 26.3 Å². The van der Waals surface area contributed by atoms with Gasteiger partial charge in [-0.15, -0.1) is 0 Å². The molecule has 2 aromatic heterocycles. The molecule has 0 radical (unpaired) electrons. The number of alkyl halides is 3. The van der Waals surface area contributed by atoms with Crippen molar-refractivity contribution in [1.82, 2.24) is 19.9 Å². The lowest BCUT2D eigenvalue weighted by atomic mass is 10.1. The number of nitrogens with zero attached hydrogens (tertiary/aromatic N) is 3. The van der Waals surface area contributed by atoms with E-state index in [0.717, 1.165) is 17.8 Å². The molecule has 12 heteroatoms. The van der Waals surface area contributed by atoms with E-state index in [1.54, 1.807) is 30.5 Å². The summed E-state index contributed by atoms with van der Waals surface area (Å²) in [6, 6.07) is 13.5. The van der Waals surface area contributed by atoms with Crippen molar-refractivity contribution < 1.29 is 18.0 Å². The van der Waals surface area contributed by atoms with Gasteiger partial charge in [0.05, 0.1) is 22.4 Å². The van der Waals surface area contributed by atoms with Crippen LogP contribution in [0.4, 0.5) is 30.5 Å². The molecule has 5 rings (SSSR count). The first-order valence-corrected chi connectivity index (χ1v) is 12.5. The van der Waals surface area contributed by atoms with Crippen LogP contribution in [-0.2, 0) is 19.6 Å². The normalized spacial score (nSPS) is 12.6. The van der Waals surface area contributed by atoms with Crippen LogP contribution in [0.5, 0.6) is 0 Å². The van der Waals surface area contributed by atoms with Crippen molar-refractivity contribution >= 4 is 40.6 Å². The van der Waals surface area contributed by atoms with E-state index in [2.05, 4.69) is 37.8 Å². The maximum Gasteiger partial charge on any atom is 0.416 e. The molecule has 1 aliphatic rings. The fraction of sp³-hybridized carbons (Fsp3) is 0.143. The largest absolute Gasteiger partial charge is 0.416 e. The number of halogens is 3. The van der Waals surface area contributed by atoms with Crippen LogP contribution < -0.4 is 21.7 Å². The van der Waals surface area contributed by atoms with Crippen LogP contribution in [0.2, 0.25) is 0 Å². The number of amides is 1. The van der Waals surface area contributed by atoms with E-state index in [-0.39, 0.29) is 17.0 Å². The zero-order chi connectivity index (χ0) is 28.4. The fourth-order valence-electron chi connectivity index (χ4n) is 4.29. The summed E-state index contributed by atoms with van der Waals surface area (Å²) >= 11 is 5.31. The minimum atomic E-state index is -4.41. The highest BCUT2D eigenvalue weighted by Gasteiger charge is 2.30. The molecule has 4 aromatic rings. The third-order valence-corrected chi connectivity index (χ3v) is 6.44. The minimum Gasteiger partial charge on any atom is -0.368 e. The number of anilines is 3. The average molecular weight is 562 g/mol. The van der Waals surface area contributed by atoms with Gasteiger partial charge in [-0.2, -0.15) is 13.2 Å². The quantitative estimate of drug-likeness (QED) is 0.214. The molecule has 0 fully saturated rings. The third kappa shape index (κ3) is 5.74. The van der Waals surface area contributed by atoms with Gasteiger partial charge in [0.1, 0.15) is 5.69 Å². The number of carbonyl (C=O) groups is 1. The lowest BCUT2D eigenvalue weighted by molar-refractivity contribution is -0.137. The molecule has 0 saturated heterocycles. The maximum atomic E-state index is 12.8. The summed E-state index contributed by atoms with van der Waals surface area (Å²) in [5.41, 5.74) is 10.1. The summed E-state index contributed by atoms with van der Waals surface area (Å²) in [4.78, 5) is 20.8. The fourth-order valence-corrected chi connectivity index (χ4v) is 4.53. The number of nitrogens with two attached hydrogens (primary N) is 1. The van der Waals surface area contributed by atoms with Gasteiger partial charge in [-0.25, -0.2) is 9.97 Å². The number of fused-ring (bicyclic) bond motifs is 1. The Labute approximate surface area is 232 Å². The van der Waals surface area contributed by atoms with Gasteiger partial charge in [-0.05, 0) is 60.7 Å². The Balaban J connectivity index is 1.35. The van der Waals surface area contributed by atoms with Crippen molar-refractivity contribution in [1.29, 1.82) is 0 Å². The Morgan fingerprint density at radius 1 is 1.10 bits per heavy atom. The molecule has 3 heterocycles. The molecule has 0 saturated carbocycles. The van der Waals surface area contributed by atoms with Crippen molar-refractivity contribution in [2.45, 2.75) is 12.6 Å². The lowest BCUT2D eigenvalue weighted by Crippen LogP contribution is -2.31. The predicted molar refractivity (Wildman–Crippen MR) is 151 cm³/mol. The molecular weight excluding hydrogens is 539 g/mol. The van der Waals surface area contributed by atoms with Crippen molar-refractivity contribution in [2.75, 3.05) is 22.9 Å². The summed E-state index contributed by atoms with van der Waals surface area (Å²) in [6.07, 6.45) is -2.16. The predicted octanol–water partition coefficient (Wildman–Crippen LogP) is 4.58. The standard InChI is InChI=1S/C28H22F3N7OS/c1-38-22-11-12-33-25(39)21(22)14-23(38)24-17(15-34-26(32)37-24)6-5-16-3-2-4-20(13-16)36-27(40)35-19-9-7-18(8-10-19)28(29,30)31/h2-4,7-10,13-15H,11-12H2,1H3,(H,33,39)(H2,32,34,37)(H2,35,36,40). The smallest absolute Gasteiger partial charge is 0.368 e. The second-order valence-corrected chi connectivity index (χ2v) is 9.34. The zero-order valence-electron chi connectivity index (χ0n) is 21.1. The number of aromatic nitrogens is 3. The number of hydrogen-bond donors (Lipinski definition) is 4. The van der Waals surface area contributed by atoms with Gasteiger partial charge in [-0.3, -0.25) is 4.79 Å². The number of benzene rings is 2. The highest BCUT2D eigenvalue weighted by molar-refractivity contribution is 7.80. The second-order valence-electron chi connectivity index (χ2n) is 8.93. The molecule has 0 bridgehead atoms. The second kappa shape index (κ2) is 10.7. The molecule has 0 spiro atoms. The van der Waals surface area contributed by atoms with E-state index in [1.165, 1.54) is 12.1 Å². The monoisotopic (exact) mass is 561 g/mol. The number of nitrogen functional groups attached to an aromatic ring is 1. The summed E-state index contributed by atoms with van der Waals surface area (Å²) < 4.78 is 40.3. The number of carbonyl (C=O) groups excluding carboxylic acids is 1. The van der Waals surface area contributed by atoms with Crippen LogP contribution in [0.3, 0.4) is 0 Å². The number of hydrogen-bond acceptors (Lipinski definition) is 5. The van der Waals surface area contributed by atoms with Crippen molar-refractivity contribution in [3.8, 4) is 23.2 Å². The lowest BCUT2D eigenvalue weighted by Gasteiger charge is -2.14. The molecule has 2 aromatic carbocycles. The van der Waals surface area contributed by atoms with Crippen LogP contribution in [-0.4, -0.2) is 32.1 Å². The number of nitrogens with one attached hydrogen (secondary N) is 3. The Kier molecular flexibility index (Phi) is 7.15. The van der Waals surface area contributed by atoms with Crippen molar-refractivity contribution in [3.05, 3.63) is 88.7 Å². The molecule has 40 heavy (non-hydrogen) atoms. The van der Waals surface area contributed by atoms with Gasteiger partial charge in [0.2, 0.25) is 5.95 Å². The van der Waals surface area contributed by atoms with Crippen LogP contribution in [0.25, 0.3) is 11.4 Å². The molecule has 1 amide bonds. The van der Waals surface area contributed by atoms with Crippen LogP contribution in [0.1, 0.15) is 32.7 Å². The third-order valence-electron chi connectivity index (χ3n) is 6.23. The molecular formula is C28H22F3N7OS. The summed E-state index contributed by atoms with van der Waals surface area (Å²) in [7, 11) is 1.87.